The molecule has 1 aromatic carbocycles. The number of rotatable bonds is 6. The lowest BCUT2D eigenvalue weighted by Gasteiger charge is -2.45. The standard InChI is InChI=1S/C18H21NO4/c1-3-18(11-22-12-18)13(2)23-10-14-4-6-15(7-5-14)19-16(20)8-9-17(19)21/h4-9,13H,3,10-12H2,1-2H3. The number of benzene rings is 1. The van der Waals surface area contributed by atoms with Crippen LogP contribution < -0.4 is 4.90 Å². The highest BCUT2D eigenvalue weighted by Gasteiger charge is 2.42. The molecule has 1 unspecified atom stereocenters. The molecule has 0 bridgehead atoms. The van der Waals surface area contributed by atoms with E-state index in [-0.39, 0.29) is 23.3 Å². The van der Waals surface area contributed by atoms with Gasteiger partial charge in [0.25, 0.3) is 11.8 Å². The molecule has 0 N–H and O–H groups in total. The first-order valence-electron chi connectivity index (χ1n) is 7.90. The Bertz CT molecular complexity index is 607. The summed E-state index contributed by atoms with van der Waals surface area (Å²) < 4.78 is 11.3. The van der Waals surface area contributed by atoms with Gasteiger partial charge in [0.15, 0.2) is 0 Å². The van der Waals surface area contributed by atoms with E-state index < -0.39 is 0 Å². The fourth-order valence-corrected chi connectivity index (χ4v) is 2.88. The van der Waals surface area contributed by atoms with E-state index >= 15 is 0 Å². The summed E-state index contributed by atoms with van der Waals surface area (Å²) >= 11 is 0. The number of nitrogens with zero attached hydrogens (tertiary/aromatic N) is 1. The first kappa shape index (κ1) is 15.9. The van der Waals surface area contributed by atoms with Gasteiger partial charge in [-0.25, -0.2) is 4.90 Å². The summed E-state index contributed by atoms with van der Waals surface area (Å²) in [4.78, 5) is 24.5. The van der Waals surface area contributed by atoms with E-state index in [9.17, 15) is 9.59 Å². The zero-order valence-corrected chi connectivity index (χ0v) is 13.5. The number of hydrogen-bond donors (Lipinski definition) is 0. The van der Waals surface area contributed by atoms with Gasteiger partial charge in [0, 0.05) is 17.6 Å². The minimum absolute atomic E-state index is 0.131. The lowest BCUT2D eigenvalue weighted by Crippen LogP contribution is -2.50. The second kappa shape index (κ2) is 6.26. The first-order valence-corrected chi connectivity index (χ1v) is 7.90. The van der Waals surface area contributed by atoms with Crippen LogP contribution in [0.4, 0.5) is 5.69 Å². The molecule has 122 valence electrons. The smallest absolute Gasteiger partial charge is 0.258 e. The van der Waals surface area contributed by atoms with Crippen molar-refractivity contribution in [3.63, 3.8) is 0 Å². The molecule has 0 radical (unpaired) electrons. The number of anilines is 1. The second-order valence-corrected chi connectivity index (χ2v) is 6.17. The van der Waals surface area contributed by atoms with Crippen LogP contribution in [-0.2, 0) is 25.7 Å². The molecule has 23 heavy (non-hydrogen) atoms. The molecule has 1 atom stereocenters. The molecular weight excluding hydrogens is 294 g/mol. The highest BCUT2D eigenvalue weighted by atomic mass is 16.5. The van der Waals surface area contributed by atoms with Crippen molar-refractivity contribution < 1.29 is 19.1 Å². The minimum Gasteiger partial charge on any atom is -0.380 e. The third kappa shape index (κ3) is 2.94. The zero-order valence-electron chi connectivity index (χ0n) is 13.5. The van der Waals surface area contributed by atoms with Crippen LogP contribution in [0.5, 0.6) is 0 Å². The number of carbonyl (C=O) groups is 2. The van der Waals surface area contributed by atoms with E-state index in [1.807, 2.05) is 12.1 Å². The predicted octanol–water partition coefficient (Wildman–Crippen LogP) is 2.45. The summed E-state index contributed by atoms with van der Waals surface area (Å²) in [5.41, 5.74) is 1.73. The molecule has 5 heteroatoms. The van der Waals surface area contributed by atoms with Crippen LogP contribution in [0, 0.1) is 5.41 Å². The number of hydrogen-bond acceptors (Lipinski definition) is 4. The Morgan fingerprint density at radius 2 is 1.78 bits per heavy atom. The van der Waals surface area contributed by atoms with Crippen LogP contribution in [0.3, 0.4) is 0 Å². The lowest BCUT2D eigenvalue weighted by molar-refractivity contribution is -0.186. The van der Waals surface area contributed by atoms with Crippen LogP contribution >= 0.6 is 0 Å². The average molecular weight is 315 g/mol. The monoisotopic (exact) mass is 315 g/mol. The van der Waals surface area contributed by atoms with Crippen molar-refractivity contribution in [1.29, 1.82) is 0 Å². The van der Waals surface area contributed by atoms with Gasteiger partial charge in [0.05, 0.1) is 31.6 Å². The van der Waals surface area contributed by atoms with Crippen molar-refractivity contribution in [2.24, 2.45) is 5.41 Å². The average Bonchev–Trinajstić information content (AvgIpc) is 2.84. The number of imide groups is 1. The Kier molecular flexibility index (Phi) is 4.33. The highest BCUT2D eigenvalue weighted by Crippen LogP contribution is 2.36. The Morgan fingerprint density at radius 3 is 2.26 bits per heavy atom. The van der Waals surface area contributed by atoms with Crippen LogP contribution in [0.15, 0.2) is 36.4 Å². The molecule has 0 spiro atoms. The van der Waals surface area contributed by atoms with Gasteiger partial charge in [-0.2, -0.15) is 0 Å². The molecule has 2 aliphatic rings. The summed E-state index contributed by atoms with van der Waals surface area (Å²) in [7, 11) is 0. The highest BCUT2D eigenvalue weighted by molar-refractivity contribution is 6.28. The molecule has 2 aliphatic heterocycles. The van der Waals surface area contributed by atoms with Gasteiger partial charge in [-0.1, -0.05) is 19.1 Å². The topological polar surface area (TPSA) is 55.8 Å². The number of carbonyl (C=O) groups excluding carboxylic acids is 2. The van der Waals surface area contributed by atoms with Crippen molar-refractivity contribution in [3.8, 4) is 0 Å². The molecule has 1 saturated heterocycles. The second-order valence-electron chi connectivity index (χ2n) is 6.17. The number of ether oxygens (including phenoxy) is 2. The lowest BCUT2D eigenvalue weighted by atomic mass is 9.78. The van der Waals surface area contributed by atoms with Crippen molar-refractivity contribution in [1.82, 2.24) is 0 Å². The van der Waals surface area contributed by atoms with Gasteiger partial charge >= 0.3 is 0 Å². The molecule has 1 aromatic rings. The summed E-state index contributed by atoms with van der Waals surface area (Å²) in [5.74, 6) is -0.606. The fourth-order valence-electron chi connectivity index (χ4n) is 2.88. The van der Waals surface area contributed by atoms with Crippen molar-refractivity contribution in [2.75, 3.05) is 18.1 Å². The largest absolute Gasteiger partial charge is 0.380 e. The van der Waals surface area contributed by atoms with Crippen LogP contribution in [0.25, 0.3) is 0 Å². The van der Waals surface area contributed by atoms with Crippen LogP contribution in [-0.4, -0.2) is 31.1 Å². The van der Waals surface area contributed by atoms with Gasteiger partial charge < -0.3 is 9.47 Å². The zero-order chi connectivity index (χ0) is 16.4. The maximum absolute atomic E-state index is 11.6. The van der Waals surface area contributed by atoms with Gasteiger partial charge in [0.2, 0.25) is 0 Å². The Balaban J connectivity index is 1.60. The molecular formula is C18H21NO4. The first-order chi connectivity index (χ1) is 11.1. The molecule has 3 rings (SSSR count). The maximum atomic E-state index is 11.6. The Labute approximate surface area is 135 Å². The Hall–Kier alpha value is -1.98. The molecule has 0 aromatic heterocycles. The van der Waals surface area contributed by atoms with Gasteiger partial charge in [-0.15, -0.1) is 0 Å². The van der Waals surface area contributed by atoms with E-state index in [2.05, 4.69) is 13.8 Å². The molecule has 2 heterocycles. The third-order valence-corrected chi connectivity index (χ3v) is 4.85. The van der Waals surface area contributed by atoms with Crippen LogP contribution in [0.2, 0.25) is 0 Å². The van der Waals surface area contributed by atoms with Crippen LogP contribution in [0.1, 0.15) is 25.8 Å². The molecule has 5 nitrogen and oxygen atoms in total. The van der Waals surface area contributed by atoms with E-state index in [1.54, 1.807) is 12.1 Å². The SMILES string of the molecule is CCC1(C(C)OCc2ccc(N3C(=O)C=CC3=O)cc2)COC1. The molecule has 2 amide bonds. The molecule has 0 aliphatic carbocycles. The molecule has 1 fully saturated rings. The van der Waals surface area contributed by atoms with Gasteiger partial charge in [-0.3, -0.25) is 9.59 Å². The van der Waals surface area contributed by atoms with Crippen molar-refractivity contribution in [2.45, 2.75) is 33.0 Å². The summed E-state index contributed by atoms with van der Waals surface area (Å²) in [6.45, 7) is 6.28. The van der Waals surface area contributed by atoms with Gasteiger partial charge in [0.1, 0.15) is 0 Å². The van der Waals surface area contributed by atoms with Crippen molar-refractivity contribution in [3.05, 3.63) is 42.0 Å². The van der Waals surface area contributed by atoms with Gasteiger partial charge in [-0.05, 0) is 31.0 Å². The quantitative estimate of drug-likeness (QED) is 0.757. The Morgan fingerprint density at radius 1 is 1.17 bits per heavy atom. The van der Waals surface area contributed by atoms with Crippen molar-refractivity contribution >= 4 is 17.5 Å². The predicted molar refractivity (Wildman–Crippen MR) is 85.9 cm³/mol. The van der Waals surface area contributed by atoms with E-state index in [1.165, 1.54) is 12.2 Å². The van der Waals surface area contributed by atoms with E-state index in [0.29, 0.717) is 12.3 Å². The summed E-state index contributed by atoms with van der Waals surface area (Å²) in [6.07, 6.45) is 3.74. The summed E-state index contributed by atoms with van der Waals surface area (Å²) in [5, 5.41) is 0. The van der Waals surface area contributed by atoms with E-state index in [0.717, 1.165) is 30.1 Å². The van der Waals surface area contributed by atoms with E-state index in [4.69, 9.17) is 9.47 Å². The normalized spacial score (nSPS) is 20.7. The molecule has 0 saturated carbocycles. The minimum atomic E-state index is -0.303. The maximum Gasteiger partial charge on any atom is 0.258 e. The third-order valence-electron chi connectivity index (χ3n) is 4.85. The number of amides is 2. The summed E-state index contributed by atoms with van der Waals surface area (Å²) in [6, 6.07) is 7.32. The fraction of sp³-hybridized carbons (Fsp3) is 0.444.